The van der Waals surface area contributed by atoms with Crippen LogP contribution >= 0.6 is 0 Å². The van der Waals surface area contributed by atoms with E-state index in [1.54, 1.807) is 7.05 Å². The topological polar surface area (TPSA) is 74.0 Å². The van der Waals surface area contributed by atoms with Crippen LogP contribution in [-0.2, 0) is 6.42 Å². The molecular weight excluding hydrogens is 334 g/mol. The number of benzene rings is 2. The number of aryl methyl sites for hydroxylation is 1. The molecule has 2 N–H and O–H groups in total. The maximum Gasteiger partial charge on any atom is 0.227 e. The number of fused-ring (bicyclic) bond motifs is 1. The Balaban J connectivity index is 1.74. The highest BCUT2D eigenvalue weighted by Crippen LogP contribution is 2.32. The van der Waals surface area contributed by atoms with Gasteiger partial charge in [-0.3, -0.25) is 4.99 Å². The smallest absolute Gasteiger partial charge is 0.227 e. The van der Waals surface area contributed by atoms with Crippen LogP contribution in [0.5, 0.6) is 0 Å². The summed E-state index contributed by atoms with van der Waals surface area (Å²) in [5.74, 6) is 0.309. The molecule has 0 bridgehead atoms. The Morgan fingerprint density at radius 2 is 1.74 bits per heavy atom. The molecular formula is C22H21N5. The third-order valence-electron chi connectivity index (χ3n) is 4.80. The van der Waals surface area contributed by atoms with Crippen molar-refractivity contribution in [3.63, 3.8) is 0 Å². The van der Waals surface area contributed by atoms with Crippen LogP contribution < -0.4 is 5.32 Å². The van der Waals surface area contributed by atoms with Crippen molar-refractivity contribution in [1.82, 2.24) is 9.97 Å². The molecule has 1 atom stereocenters. The summed E-state index contributed by atoms with van der Waals surface area (Å²) in [4.78, 5) is 13.8. The zero-order valence-electron chi connectivity index (χ0n) is 15.2. The van der Waals surface area contributed by atoms with Crippen molar-refractivity contribution in [3.8, 4) is 0 Å². The van der Waals surface area contributed by atoms with Crippen LogP contribution in [0.15, 0.2) is 71.9 Å². The second-order valence-corrected chi connectivity index (χ2v) is 6.53. The Hall–Kier alpha value is -3.34. The third kappa shape index (κ3) is 3.49. The molecule has 5 heteroatoms. The number of para-hydroxylation sites is 1. The lowest BCUT2D eigenvalue weighted by molar-refractivity contribution is 0.853. The Morgan fingerprint density at radius 1 is 1.04 bits per heavy atom. The third-order valence-corrected chi connectivity index (χ3v) is 4.80. The highest BCUT2D eigenvalue weighted by Gasteiger charge is 2.31. The van der Waals surface area contributed by atoms with Gasteiger partial charge in [-0.2, -0.15) is 0 Å². The van der Waals surface area contributed by atoms with Gasteiger partial charge in [0.05, 0.1) is 17.3 Å². The minimum absolute atomic E-state index is 0.236. The molecule has 1 aliphatic carbocycles. The van der Waals surface area contributed by atoms with E-state index in [4.69, 9.17) is 10.4 Å². The molecule has 1 unspecified atom stereocenters. The van der Waals surface area contributed by atoms with Crippen molar-refractivity contribution in [3.05, 3.63) is 83.7 Å². The molecule has 0 spiro atoms. The quantitative estimate of drug-likeness (QED) is 0.682. The molecule has 0 amide bonds. The summed E-state index contributed by atoms with van der Waals surface area (Å²) in [6, 6.07) is 19.9. The number of hydrogen-bond donors (Lipinski definition) is 2. The molecule has 2 aromatic carbocycles. The lowest BCUT2D eigenvalue weighted by Gasteiger charge is -2.27. The number of rotatable bonds is 4. The number of aromatic nitrogens is 2. The van der Waals surface area contributed by atoms with Crippen molar-refractivity contribution >= 4 is 23.1 Å². The van der Waals surface area contributed by atoms with Crippen LogP contribution in [0.2, 0.25) is 0 Å². The van der Waals surface area contributed by atoms with Gasteiger partial charge in [0, 0.05) is 24.6 Å². The van der Waals surface area contributed by atoms with E-state index >= 15 is 0 Å². The molecule has 0 radical (unpaired) electrons. The first-order valence-corrected chi connectivity index (χ1v) is 9.03. The van der Waals surface area contributed by atoms with Crippen LogP contribution in [0, 0.1) is 5.41 Å². The summed E-state index contributed by atoms with van der Waals surface area (Å²) in [6.07, 6.45) is 3.38. The molecule has 1 heterocycles. The van der Waals surface area contributed by atoms with Gasteiger partial charge in [-0.1, -0.05) is 48.5 Å². The fourth-order valence-electron chi connectivity index (χ4n) is 3.48. The van der Waals surface area contributed by atoms with Crippen LogP contribution in [0.25, 0.3) is 0 Å². The fourth-order valence-corrected chi connectivity index (χ4v) is 3.48. The maximum atomic E-state index is 8.59. The maximum absolute atomic E-state index is 8.59. The summed E-state index contributed by atoms with van der Waals surface area (Å²) >= 11 is 0. The number of anilines is 2. The van der Waals surface area contributed by atoms with E-state index in [-0.39, 0.29) is 5.92 Å². The van der Waals surface area contributed by atoms with Gasteiger partial charge in [0.1, 0.15) is 0 Å². The van der Waals surface area contributed by atoms with Gasteiger partial charge < -0.3 is 10.7 Å². The summed E-state index contributed by atoms with van der Waals surface area (Å²) in [5, 5.41) is 11.8. The molecule has 3 aromatic rings. The van der Waals surface area contributed by atoms with Crippen molar-refractivity contribution in [2.75, 3.05) is 12.4 Å². The number of aliphatic imine (C=N–C) groups is 1. The van der Waals surface area contributed by atoms with E-state index in [0.717, 1.165) is 34.6 Å². The Morgan fingerprint density at radius 3 is 2.44 bits per heavy atom. The van der Waals surface area contributed by atoms with Crippen molar-refractivity contribution in [1.29, 1.82) is 5.41 Å². The summed E-state index contributed by atoms with van der Waals surface area (Å²) in [6.45, 7) is 0. The van der Waals surface area contributed by atoms with Gasteiger partial charge in [-0.05, 0) is 36.1 Å². The Bertz CT molecular complexity index is 980. The average Bonchev–Trinajstić information content (AvgIpc) is 2.72. The van der Waals surface area contributed by atoms with Gasteiger partial charge in [0.2, 0.25) is 5.95 Å². The average molecular weight is 355 g/mol. The molecule has 0 saturated heterocycles. The van der Waals surface area contributed by atoms with E-state index < -0.39 is 0 Å². The minimum Gasteiger partial charge on any atom is -0.324 e. The highest BCUT2D eigenvalue weighted by atomic mass is 15.1. The lowest BCUT2D eigenvalue weighted by Crippen LogP contribution is -2.29. The monoisotopic (exact) mass is 355 g/mol. The predicted octanol–water partition coefficient (Wildman–Crippen LogP) is 4.39. The van der Waals surface area contributed by atoms with Crippen molar-refractivity contribution in [2.24, 2.45) is 4.99 Å². The van der Waals surface area contributed by atoms with E-state index in [1.807, 2.05) is 66.9 Å². The molecule has 1 aliphatic rings. The predicted molar refractivity (Wildman–Crippen MR) is 109 cm³/mol. The van der Waals surface area contributed by atoms with E-state index in [1.165, 1.54) is 0 Å². The fraction of sp³-hybridized carbons (Fsp3) is 0.182. The summed E-state index contributed by atoms with van der Waals surface area (Å²) < 4.78 is 0. The van der Waals surface area contributed by atoms with Gasteiger partial charge in [-0.25, -0.2) is 9.97 Å². The van der Waals surface area contributed by atoms with E-state index in [2.05, 4.69) is 15.3 Å². The van der Waals surface area contributed by atoms with E-state index in [9.17, 15) is 0 Å². The van der Waals surface area contributed by atoms with Crippen molar-refractivity contribution in [2.45, 2.75) is 18.8 Å². The molecule has 0 fully saturated rings. The Kier molecular flexibility index (Phi) is 4.75. The van der Waals surface area contributed by atoms with Gasteiger partial charge in [-0.15, -0.1) is 0 Å². The molecule has 27 heavy (non-hydrogen) atoms. The zero-order valence-corrected chi connectivity index (χ0v) is 15.2. The highest BCUT2D eigenvalue weighted by molar-refractivity contribution is 6.18. The summed E-state index contributed by atoms with van der Waals surface area (Å²) in [7, 11) is 1.79. The SMILES string of the molecule is CN=C(c1ccccc1)C1C(=N)CCc2cnc(Nc3ccccc3)nc21. The van der Waals surface area contributed by atoms with E-state index in [0.29, 0.717) is 18.1 Å². The summed E-state index contributed by atoms with van der Waals surface area (Å²) in [5.41, 5.74) is 5.46. The molecule has 0 saturated carbocycles. The van der Waals surface area contributed by atoms with Crippen LogP contribution in [0.4, 0.5) is 11.6 Å². The molecule has 134 valence electrons. The van der Waals surface area contributed by atoms with Gasteiger partial charge in [0.25, 0.3) is 0 Å². The first-order valence-electron chi connectivity index (χ1n) is 9.03. The van der Waals surface area contributed by atoms with Crippen LogP contribution in [-0.4, -0.2) is 28.4 Å². The lowest BCUT2D eigenvalue weighted by atomic mass is 9.80. The standard InChI is InChI=1S/C22H21N5/c1-24-20(15-8-4-2-5-9-15)19-18(23)13-12-16-14-25-22(27-21(16)19)26-17-10-6-3-7-11-17/h2-11,14,19,23H,12-13H2,1H3,(H,25,26,27). The molecule has 1 aromatic heterocycles. The molecule has 5 nitrogen and oxygen atoms in total. The number of nitrogens with zero attached hydrogens (tertiary/aromatic N) is 3. The Labute approximate surface area is 158 Å². The minimum atomic E-state index is -0.236. The molecule has 0 aliphatic heterocycles. The van der Waals surface area contributed by atoms with Crippen LogP contribution in [0.3, 0.4) is 0 Å². The first-order chi connectivity index (χ1) is 13.3. The van der Waals surface area contributed by atoms with Crippen LogP contribution in [0.1, 0.15) is 29.2 Å². The molecule has 4 rings (SSSR count). The van der Waals surface area contributed by atoms with Gasteiger partial charge >= 0.3 is 0 Å². The number of nitrogens with one attached hydrogen (secondary N) is 2. The van der Waals surface area contributed by atoms with Gasteiger partial charge in [0.15, 0.2) is 0 Å². The normalized spacial score (nSPS) is 16.7. The largest absolute Gasteiger partial charge is 0.324 e. The number of hydrogen-bond acceptors (Lipinski definition) is 5. The second-order valence-electron chi connectivity index (χ2n) is 6.53. The van der Waals surface area contributed by atoms with Crippen molar-refractivity contribution < 1.29 is 0 Å². The first kappa shape index (κ1) is 17.1. The zero-order chi connectivity index (χ0) is 18.6. The second kappa shape index (κ2) is 7.50.